The molecule has 1 saturated heterocycles. The van der Waals surface area contributed by atoms with Gasteiger partial charge in [0, 0.05) is 36.6 Å². The second kappa shape index (κ2) is 14.6. The molecule has 0 unspecified atom stereocenters. The van der Waals surface area contributed by atoms with Crippen molar-refractivity contribution in [1.82, 2.24) is 19.4 Å². The fraction of sp³-hybridized carbons (Fsp3) is 0.450. The number of likely N-dealkylation sites (tertiary alicyclic amines) is 1. The lowest BCUT2D eigenvalue weighted by Crippen LogP contribution is -2.43. The number of benzene rings is 2. The third kappa shape index (κ3) is 7.91. The molecule has 0 aliphatic carbocycles. The van der Waals surface area contributed by atoms with Gasteiger partial charge in [0.25, 0.3) is 5.56 Å². The standard InChI is InChI=1S/C40H51N5O3Si/c1-27(2)49(28(3)4,29(5)6)24-21-32-25-36(46)45(34-13-11-10-12-14-34)37-35(32)26-41-38(43-37)42-33-17-15-30(16-18-33)31-19-22-44(23-20-31)39(47)48-40(7,8)9/h10-18,25-29,31H,19-20,22-23H2,1-9H3,(H,41,42,43). The first-order valence-corrected chi connectivity index (χ1v) is 19.8. The number of aromatic nitrogens is 3. The van der Waals surface area contributed by atoms with Gasteiger partial charge in [-0.1, -0.05) is 77.8 Å². The number of carbonyl (C=O) groups excluding carboxylic acids is 1. The van der Waals surface area contributed by atoms with E-state index in [4.69, 9.17) is 14.7 Å². The van der Waals surface area contributed by atoms with Crippen molar-refractivity contribution in [3.05, 3.63) is 88.3 Å². The summed E-state index contributed by atoms with van der Waals surface area (Å²) < 4.78 is 7.19. The molecule has 5 rings (SSSR count). The minimum Gasteiger partial charge on any atom is -0.444 e. The number of carbonyl (C=O) groups is 1. The summed E-state index contributed by atoms with van der Waals surface area (Å²) in [5, 5.41) is 4.10. The predicted octanol–water partition coefficient (Wildman–Crippen LogP) is 9.21. The van der Waals surface area contributed by atoms with Crippen molar-refractivity contribution >= 4 is 36.8 Å². The van der Waals surface area contributed by atoms with E-state index in [1.54, 1.807) is 21.7 Å². The summed E-state index contributed by atoms with van der Waals surface area (Å²) in [6, 6.07) is 19.5. The Labute approximate surface area is 292 Å². The Kier molecular flexibility index (Phi) is 10.7. The maximum atomic E-state index is 13.8. The number of nitrogens with one attached hydrogen (secondary N) is 1. The highest BCUT2D eigenvalue weighted by atomic mass is 28.3. The minimum atomic E-state index is -2.04. The summed E-state index contributed by atoms with van der Waals surface area (Å²) in [7, 11) is -2.04. The van der Waals surface area contributed by atoms with Crippen LogP contribution in [0.5, 0.6) is 0 Å². The predicted molar refractivity (Wildman–Crippen MR) is 203 cm³/mol. The smallest absolute Gasteiger partial charge is 0.410 e. The van der Waals surface area contributed by atoms with Crippen molar-refractivity contribution in [1.29, 1.82) is 0 Å². The number of para-hydroxylation sites is 1. The summed E-state index contributed by atoms with van der Waals surface area (Å²) in [6.45, 7) is 20.8. The fourth-order valence-corrected chi connectivity index (χ4v) is 12.6. The SMILES string of the molecule is CC(C)[Si](C#Cc1cc(=O)n(-c2ccccc2)c2nc(Nc3ccc(C4CCN(C(=O)OC(C)(C)C)CC4)cc3)ncc12)(C(C)C)C(C)C. The topological polar surface area (TPSA) is 89.4 Å². The minimum absolute atomic E-state index is 0.180. The second-order valence-corrected chi connectivity index (χ2v) is 20.7. The highest BCUT2D eigenvalue weighted by Gasteiger charge is 2.41. The van der Waals surface area contributed by atoms with Crippen molar-refractivity contribution in [3.63, 3.8) is 0 Å². The van der Waals surface area contributed by atoms with Crippen LogP contribution in [-0.4, -0.2) is 52.3 Å². The quantitative estimate of drug-likeness (QED) is 0.155. The van der Waals surface area contributed by atoms with E-state index in [9.17, 15) is 9.59 Å². The maximum Gasteiger partial charge on any atom is 0.410 e. The number of hydrogen-bond acceptors (Lipinski definition) is 6. The lowest BCUT2D eigenvalue weighted by molar-refractivity contribution is 0.0205. The van der Waals surface area contributed by atoms with Crippen LogP contribution >= 0.6 is 0 Å². The van der Waals surface area contributed by atoms with Gasteiger partial charge in [0.1, 0.15) is 13.7 Å². The Balaban J connectivity index is 1.44. The number of anilines is 2. The molecule has 9 heteroatoms. The molecule has 258 valence electrons. The van der Waals surface area contributed by atoms with Gasteiger partial charge in [0.2, 0.25) is 5.95 Å². The van der Waals surface area contributed by atoms with Gasteiger partial charge in [-0.3, -0.25) is 9.36 Å². The first-order chi connectivity index (χ1) is 23.2. The monoisotopic (exact) mass is 677 g/mol. The molecule has 0 bridgehead atoms. The van der Waals surface area contributed by atoms with Gasteiger partial charge < -0.3 is 15.0 Å². The summed E-state index contributed by atoms with van der Waals surface area (Å²) >= 11 is 0. The van der Waals surface area contributed by atoms with Gasteiger partial charge in [-0.25, -0.2) is 9.78 Å². The van der Waals surface area contributed by atoms with Crippen molar-refractivity contribution < 1.29 is 9.53 Å². The van der Waals surface area contributed by atoms with Crippen LogP contribution in [0.1, 0.15) is 92.2 Å². The van der Waals surface area contributed by atoms with Crippen molar-refractivity contribution in [2.75, 3.05) is 18.4 Å². The fourth-order valence-electron chi connectivity index (χ4n) is 7.39. The Morgan fingerprint density at radius 2 is 1.55 bits per heavy atom. The van der Waals surface area contributed by atoms with Crippen LogP contribution < -0.4 is 10.9 Å². The number of ether oxygens (including phenoxy) is 1. The van der Waals surface area contributed by atoms with E-state index in [-0.39, 0.29) is 11.7 Å². The number of piperidine rings is 1. The largest absolute Gasteiger partial charge is 0.444 e. The molecule has 0 radical (unpaired) electrons. The molecule has 2 aromatic heterocycles. The molecular weight excluding hydrogens is 627 g/mol. The molecule has 1 N–H and O–H groups in total. The number of hydrogen-bond donors (Lipinski definition) is 1. The summed E-state index contributed by atoms with van der Waals surface area (Å²) in [4.78, 5) is 37.7. The summed E-state index contributed by atoms with van der Waals surface area (Å²) in [5.74, 6) is 4.25. The normalized spacial score (nSPS) is 14.3. The first-order valence-electron chi connectivity index (χ1n) is 17.6. The van der Waals surface area contributed by atoms with E-state index in [0.717, 1.165) is 29.6 Å². The Hall–Kier alpha value is -4.42. The molecular formula is C40H51N5O3Si. The van der Waals surface area contributed by atoms with Crippen LogP contribution in [0.3, 0.4) is 0 Å². The lowest BCUT2D eigenvalue weighted by atomic mass is 9.89. The molecule has 3 heterocycles. The number of amides is 1. The highest BCUT2D eigenvalue weighted by Crippen LogP contribution is 2.41. The van der Waals surface area contributed by atoms with Gasteiger partial charge in [-0.2, -0.15) is 4.98 Å². The summed E-state index contributed by atoms with van der Waals surface area (Å²) in [6.07, 6.45) is 3.31. The van der Waals surface area contributed by atoms with Crippen molar-refractivity contribution in [3.8, 4) is 17.2 Å². The van der Waals surface area contributed by atoms with Gasteiger partial charge in [0.05, 0.1) is 11.1 Å². The number of rotatable bonds is 7. The third-order valence-electron chi connectivity index (χ3n) is 9.84. The van der Waals surface area contributed by atoms with E-state index in [0.29, 0.717) is 52.8 Å². The lowest BCUT2D eigenvalue weighted by Gasteiger charge is -2.38. The average Bonchev–Trinajstić information content (AvgIpc) is 3.04. The number of nitrogens with zero attached hydrogens (tertiary/aromatic N) is 4. The highest BCUT2D eigenvalue weighted by molar-refractivity contribution is 6.90. The van der Waals surface area contributed by atoms with E-state index >= 15 is 0 Å². The molecule has 4 aromatic rings. The van der Waals surface area contributed by atoms with Gasteiger partial charge in [-0.05, 0) is 86.0 Å². The number of fused-ring (bicyclic) bond motifs is 1. The molecule has 1 aliphatic heterocycles. The van der Waals surface area contributed by atoms with Gasteiger partial charge >= 0.3 is 6.09 Å². The zero-order chi connectivity index (χ0) is 35.5. The zero-order valence-electron chi connectivity index (χ0n) is 30.5. The van der Waals surface area contributed by atoms with Crippen LogP contribution in [0.4, 0.5) is 16.4 Å². The molecule has 1 amide bonds. The maximum absolute atomic E-state index is 13.8. The van der Waals surface area contributed by atoms with Gasteiger partial charge in [-0.15, -0.1) is 5.54 Å². The number of pyridine rings is 1. The summed E-state index contributed by atoms with van der Waals surface area (Å²) in [5.41, 5.74) is 8.51. The average molecular weight is 678 g/mol. The van der Waals surface area contributed by atoms with E-state index in [1.165, 1.54) is 5.56 Å². The molecule has 8 nitrogen and oxygen atoms in total. The Bertz CT molecular complexity index is 1870. The molecule has 0 spiro atoms. The van der Waals surface area contributed by atoms with Crippen LogP contribution in [0.15, 0.2) is 71.7 Å². The van der Waals surface area contributed by atoms with E-state index in [1.807, 2.05) is 63.2 Å². The molecule has 49 heavy (non-hydrogen) atoms. The van der Waals surface area contributed by atoms with Crippen molar-refractivity contribution in [2.45, 2.75) is 103 Å². The Morgan fingerprint density at radius 1 is 0.939 bits per heavy atom. The molecule has 0 saturated carbocycles. The van der Waals surface area contributed by atoms with Gasteiger partial charge in [0.15, 0.2) is 5.65 Å². The van der Waals surface area contributed by atoms with Crippen LogP contribution in [0.25, 0.3) is 16.7 Å². The second-order valence-electron chi connectivity index (χ2n) is 15.1. The molecule has 2 aromatic carbocycles. The van der Waals surface area contributed by atoms with Crippen LogP contribution in [0.2, 0.25) is 16.6 Å². The van der Waals surface area contributed by atoms with E-state index < -0.39 is 13.7 Å². The zero-order valence-corrected chi connectivity index (χ0v) is 31.5. The van der Waals surface area contributed by atoms with Crippen molar-refractivity contribution in [2.24, 2.45) is 0 Å². The third-order valence-corrected chi connectivity index (χ3v) is 16.1. The van der Waals surface area contributed by atoms with Crippen LogP contribution in [0, 0.1) is 11.5 Å². The molecule has 0 atom stereocenters. The first kappa shape index (κ1) is 35.9. The Morgan fingerprint density at radius 3 is 2.12 bits per heavy atom. The van der Waals surface area contributed by atoms with Crippen LogP contribution in [-0.2, 0) is 4.74 Å². The molecule has 1 aliphatic rings. The molecule has 1 fully saturated rings. The van der Waals surface area contributed by atoms with E-state index in [2.05, 4.69) is 70.5 Å².